The number of oxazole rings is 1. The minimum Gasteiger partial charge on any atom is -0.444 e. The van der Waals surface area contributed by atoms with Crippen molar-refractivity contribution in [1.82, 2.24) is 20.6 Å². The molecular weight excluding hydrogens is 533 g/mol. The lowest BCUT2D eigenvalue weighted by molar-refractivity contribution is 0.572. The normalized spacial score (nSPS) is 11.1. The number of aryl methyl sites for hydroxylation is 1. The summed E-state index contributed by atoms with van der Waals surface area (Å²) in [4.78, 5) is 13.6. The van der Waals surface area contributed by atoms with E-state index < -0.39 is 0 Å². The van der Waals surface area contributed by atoms with E-state index in [1.54, 1.807) is 24.6 Å². The van der Waals surface area contributed by atoms with Crippen molar-refractivity contribution < 1.29 is 4.42 Å². The molecule has 2 N–H and O–H groups in total. The second-order valence-electron chi connectivity index (χ2n) is 7.12. The van der Waals surface area contributed by atoms with Crippen LogP contribution in [0.1, 0.15) is 17.0 Å². The van der Waals surface area contributed by atoms with Crippen LogP contribution in [0.15, 0.2) is 75.7 Å². The number of hydrogen-bond donors (Lipinski definition) is 2. The SMILES string of the molecule is CN=C(NCCc1csc(-c2ccc(C)cc2)n1)NCc1coc(-c2ccccc2)n1.I. The lowest BCUT2D eigenvalue weighted by Gasteiger charge is -2.10. The Balaban J connectivity index is 0.00000289. The van der Waals surface area contributed by atoms with Crippen molar-refractivity contribution in [2.24, 2.45) is 4.99 Å². The molecule has 0 aliphatic carbocycles. The Morgan fingerprint density at radius 2 is 1.75 bits per heavy atom. The van der Waals surface area contributed by atoms with Crippen molar-refractivity contribution in [3.8, 4) is 22.0 Å². The van der Waals surface area contributed by atoms with Crippen LogP contribution in [0.25, 0.3) is 22.0 Å². The van der Waals surface area contributed by atoms with Crippen molar-refractivity contribution >= 4 is 41.3 Å². The van der Waals surface area contributed by atoms with E-state index in [0.717, 1.165) is 46.4 Å². The summed E-state index contributed by atoms with van der Waals surface area (Å²) in [5.74, 6) is 1.34. The molecule has 2 heterocycles. The Bertz CT molecular complexity index is 1140. The van der Waals surface area contributed by atoms with Crippen LogP contribution in [-0.4, -0.2) is 29.5 Å². The Hall–Kier alpha value is -2.72. The highest BCUT2D eigenvalue weighted by Crippen LogP contribution is 2.24. The summed E-state index contributed by atoms with van der Waals surface area (Å²) in [6, 6.07) is 18.3. The molecule has 0 spiro atoms. The van der Waals surface area contributed by atoms with E-state index >= 15 is 0 Å². The van der Waals surface area contributed by atoms with Crippen LogP contribution >= 0.6 is 35.3 Å². The zero-order chi connectivity index (χ0) is 21.5. The van der Waals surface area contributed by atoms with Crippen molar-refractivity contribution in [3.63, 3.8) is 0 Å². The average Bonchev–Trinajstić information content (AvgIpc) is 3.47. The minimum atomic E-state index is 0. The summed E-state index contributed by atoms with van der Waals surface area (Å²) >= 11 is 1.68. The molecule has 0 fully saturated rings. The summed E-state index contributed by atoms with van der Waals surface area (Å²) in [6.45, 7) is 3.36. The highest BCUT2D eigenvalue weighted by Gasteiger charge is 2.08. The second-order valence-corrected chi connectivity index (χ2v) is 7.98. The Labute approximate surface area is 209 Å². The third-order valence-electron chi connectivity index (χ3n) is 4.76. The predicted octanol–water partition coefficient (Wildman–Crippen LogP) is 5.30. The van der Waals surface area contributed by atoms with Crippen LogP contribution in [-0.2, 0) is 13.0 Å². The standard InChI is InChI=1S/C24H25N5OS.HI/c1-17-8-10-19(11-9-17)23-29-20(16-31-23)12-13-26-24(25-2)27-14-21-15-30-22(28-21)18-6-4-3-5-7-18;/h3-11,15-16H,12-14H2,1-2H3,(H2,25,26,27);1H. The molecule has 166 valence electrons. The number of guanidine groups is 1. The van der Waals surface area contributed by atoms with Crippen LogP contribution in [0, 0.1) is 6.92 Å². The van der Waals surface area contributed by atoms with E-state index in [4.69, 9.17) is 9.40 Å². The average molecular weight is 559 g/mol. The molecule has 2 aromatic carbocycles. The molecule has 0 atom stereocenters. The topological polar surface area (TPSA) is 75.3 Å². The highest BCUT2D eigenvalue weighted by atomic mass is 127. The van der Waals surface area contributed by atoms with Gasteiger partial charge in [-0.25, -0.2) is 9.97 Å². The number of hydrogen-bond acceptors (Lipinski definition) is 5. The van der Waals surface area contributed by atoms with Gasteiger partial charge in [-0.05, 0) is 19.1 Å². The second kappa shape index (κ2) is 11.8. The molecule has 0 bridgehead atoms. The number of aliphatic imine (C=N–C) groups is 1. The molecule has 32 heavy (non-hydrogen) atoms. The van der Waals surface area contributed by atoms with Gasteiger partial charge >= 0.3 is 0 Å². The van der Waals surface area contributed by atoms with Crippen molar-refractivity contribution in [1.29, 1.82) is 0 Å². The molecule has 0 radical (unpaired) electrons. The zero-order valence-corrected chi connectivity index (χ0v) is 21.2. The molecule has 4 aromatic rings. The van der Waals surface area contributed by atoms with Crippen molar-refractivity contribution in [2.45, 2.75) is 19.9 Å². The lowest BCUT2D eigenvalue weighted by atomic mass is 10.2. The number of aromatic nitrogens is 2. The number of rotatable bonds is 7. The molecular formula is C24H26IN5OS. The van der Waals surface area contributed by atoms with Gasteiger partial charge < -0.3 is 15.1 Å². The molecule has 0 saturated carbocycles. The maximum Gasteiger partial charge on any atom is 0.226 e. The number of benzene rings is 2. The number of thiazole rings is 1. The van der Waals surface area contributed by atoms with Gasteiger partial charge in [-0.3, -0.25) is 4.99 Å². The molecule has 0 aliphatic heterocycles. The molecule has 0 unspecified atom stereocenters. The van der Waals surface area contributed by atoms with Gasteiger partial charge in [0.1, 0.15) is 11.3 Å². The molecule has 0 amide bonds. The largest absolute Gasteiger partial charge is 0.444 e. The quantitative estimate of drug-likeness (QED) is 0.183. The molecule has 0 aliphatic rings. The maximum absolute atomic E-state index is 5.58. The predicted molar refractivity (Wildman–Crippen MR) is 142 cm³/mol. The number of nitrogens with one attached hydrogen (secondary N) is 2. The zero-order valence-electron chi connectivity index (χ0n) is 18.0. The number of nitrogens with zero attached hydrogens (tertiary/aromatic N) is 3. The highest BCUT2D eigenvalue weighted by molar-refractivity contribution is 14.0. The Morgan fingerprint density at radius 1 is 0.969 bits per heavy atom. The van der Waals surface area contributed by atoms with Crippen LogP contribution in [0.3, 0.4) is 0 Å². The lowest BCUT2D eigenvalue weighted by Crippen LogP contribution is -2.37. The molecule has 0 saturated heterocycles. The van der Waals surface area contributed by atoms with Gasteiger partial charge in [0.05, 0.1) is 17.9 Å². The third-order valence-corrected chi connectivity index (χ3v) is 5.70. The van der Waals surface area contributed by atoms with Crippen LogP contribution in [0.4, 0.5) is 0 Å². The summed E-state index contributed by atoms with van der Waals surface area (Å²) in [6.07, 6.45) is 2.50. The van der Waals surface area contributed by atoms with Gasteiger partial charge in [0.25, 0.3) is 0 Å². The first-order chi connectivity index (χ1) is 15.2. The van der Waals surface area contributed by atoms with E-state index in [-0.39, 0.29) is 24.0 Å². The Morgan fingerprint density at radius 3 is 2.50 bits per heavy atom. The monoisotopic (exact) mass is 559 g/mol. The van der Waals surface area contributed by atoms with Crippen LogP contribution < -0.4 is 10.6 Å². The first kappa shape index (κ1) is 23.9. The van der Waals surface area contributed by atoms with Crippen molar-refractivity contribution in [3.05, 3.63) is 83.2 Å². The summed E-state index contributed by atoms with van der Waals surface area (Å²) in [5.41, 5.74) is 5.28. The van der Waals surface area contributed by atoms with Gasteiger partial charge in [0, 0.05) is 36.5 Å². The summed E-state index contributed by atoms with van der Waals surface area (Å²) < 4.78 is 5.58. The maximum atomic E-state index is 5.58. The molecule has 6 nitrogen and oxygen atoms in total. The smallest absolute Gasteiger partial charge is 0.226 e. The van der Waals surface area contributed by atoms with E-state index in [0.29, 0.717) is 12.4 Å². The first-order valence-electron chi connectivity index (χ1n) is 10.2. The van der Waals surface area contributed by atoms with Gasteiger partial charge in [-0.1, -0.05) is 48.0 Å². The van der Waals surface area contributed by atoms with E-state index in [1.807, 2.05) is 30.3 Å². The third kappa shape index (κ3) is 6.39. The molecule has 2 aromatic heterocycles. The minimum absolute atomic E-state index is 0. The van der Waals surface area contributed by atoms with E-state index in [9.17, 15) is 0 Å². The van der Waals surface area contributed by atoms with E-state index in [2.05, 4.69) is 57.2 Å². The van der Waals surface area contributed by atoms with Crippen LogP contribution in [0.5, 0.6) is 0 Å². The fourth-order valence-corrected chi connectivity index (χ4v) is 3.92. The van der Waals surface area contributed by atoms with Gasteiger partial charge in [0.15, 0.2) is 5.96 Å². The van der Waals surface area contributed by atoms with Gasteiger partial charge in [-0.15, -0.1) is 35.3 Å². The van der Waals surface area contributed by atoms with Gasteiger partial charge in [-0.2, -0.15) is 0 Å². The fraction of sp³-hybridized carbons (Fsp3) is 0.208. The molecule has 4 rings (SSSR count). The first-order valence-corrected chi connectivity index (χ1v) is 11.0. The fourth-order valence-electron chi connectivity index (χ4n) is 3.06. The van der Waals surface area contributed by atoms with Crippen molar-refractivity contribution in [2.75, 3.05) is 13.6 Å². The summed E-state index contributed by atoms with van der Waals surface area (Å²) in [7, 11) is 1.76. The van der Waals surface area contributed by atoms with E-state index in [1.165, 1.54) is 5.56 Å². The summed E-state index contributed by atoms with van der Waals surface area (Å²) in [5, 5.41) is 9.77. The van der Waals surface area contributed by atoms with Gasteiger partial charge in [0.2, 0.25) is 5.89 Å². The Kier molecular flexibility index (Phi) is 8.81. The number of halogens is 1. The van der Waals surface area contributed by atoms with Crippen LogP contribution in [0.2, 0.25) is 0 Å². The molecule has 8 heteroatoms.